The standard InChI is InChI=1S/C16H9NO2S/c18-13-8-15(19-14-4-2-1-3-11(13)14)12-7-10-5-6-20-16(10)9-17-12/h1-9H. The van der Waals surface area contributed by atoms with Crippen molar-refractivity contribution < 1.29 is 4.42 Å². The third kappa shape index (κ3) is 1.73. The number of hydrogen-bond donors (Lipinski definition) is 0. The summed E-state index contributed by atoms with van der Waals surface area (Å²) >= 11 is 1.64. The normalized spacial score (nSPS) is 11.2. The van der Waals surface area contributed by atoms with Gasteiger partial charge in [-0.2, -0.15) is 0 Å². The zero-order chi connectivity index (χ0) is 13.5. The van der Waals surface area contributed by atoms with E-state index in [0.717, 1.165) is 10.1 Å². The molecular formula is C16H9NO2S. The summed E-state index contributed by atoms with van der Waals surface area (Å²) < 4.78 is 6.92. The first-order chi connectivity index (χ1) is 9.81. The van der Waals surface area contributed by atoms with Gasteiger partial charge in [0.15, 0.2) is 11.2 Å². The molecule has 0 radical (unpaired) electrons. The second kappa shape index (κ2) is 4.28. The molecule has 0 saturated heterocycles. The molecular weight excluding hydrogens is 270 g/mol. The average molecular weight is 279 g/mol. The fourth-order valence-electron chi connectivity index (χ4n) is 2.23. The van der Waals surface area contributed by atoms with Crippen molar-refractivity contribution in [2.75, 3.05) is 0 Å². The number of fused-ring (bicyclic) bond motifs is 2. The van der Waals surface area contributed by atoms with E-state index in [0.29, 0.717) is 22.4 Å². The quantitative estimate of drug-likeness (QED) is 0.527. The third-order valence-electron chi connectivity index (χ3n) is 3.23. The van der Waals surface area contributed by atoms with Crippen LogP contribution in [0.2, 0.25) is 0 Å². The highest BCUT2D eigenvalue weighted by Crippen LogP contribution is 2.26. The van der Waals surface area contributed by atoms with Crippen LogP contribution in [0.3, 0.4) is 0 Å². The summed E-state index contributed by atoms with van der Waals surface area (Å²) in [7, 11) is 0. The van der Waals surface area contributed by atoms with Gasteiger partial charge in [0.25, 0.3) is 0 Å². The first kappa shape index (κ1) is 11.4. The number of rotatable bonds is 1. The molecule has 0 amide bonds. The zero-order valence-electron chi connectivity index (χ0n) is 10.4. The molecule has 0 atom stereocenters. The Balaban J connectivity index is 1.99. The highest BCUT2D eigenvalue weighted by atomic mass is 32.1. The largest absolute Gasteiger partial charge is 0.454 e. The second-order valence-corrected chi connectivity index (χ2v) is 5.45. The molecule has 0 aliphatic heterocycles. The van der Waals surface area contributed by atoms with Crippen molar-refractivity contribution in [2.45, 2.75) is 0 Å². The minimum Gasteiger partial charge on any atom is -0.454 e. The third-order valence-corrected chi connectivity index (χ3v) is 4.09. The monoisotopic (exact) mass is 279 g/mol. The Kier molecular flexibility index (Phi) is 2.44. The van der Waals surface area contributed by atoms with Crippen molar-refractivity contribution in [3.8, 4) is 11.5 Å². The molecule has 0 unspecified atom stereocenters. The smallest absolute Gasteiger partial charge is 0.193 e. The summed E-state index contributed by atoms with van der Waals surface area (Å²) in [6, 6.07) is 12.7. The first-order valence-corrected chi connectivity index (χ1v) is 7.06. The van der Waals surface area contributed by atoms with Gasteiger partial charge in [-0.1, -0.05) is 12.1 Å². The van der Waals surface area contributed by atoms with E-state index in [9.17, 15) is 4.79 Å². The van der Waals surface area contributed by atoms with Crippen LogP contribution >= 0.6 is 11.3 Å². The number of nitrogens with zero attached hydrogens (tertiary/aromatic N) is 1. The minimum atomic E-state index is -0.0472. The fourth-order valence-corrected chi connectivity index (χ4v) is 2.97. The maximum Gasteiger partial charge on any atom is 0.193 e. The Bertz CT molecular complexity index is 984. The van der Waals surface area contributed by atoms with Gasteiger partial charge in [0.05, 0.1) is 10.1 Å². The molecule has 0 spiro atoms. The van der Waals surface area contributed by atoms with Crippen molar-refractivity contribution in [1.29, 1.82) is 0 Å². The van der Waals surface area contributed by atoms with Crippen LogP contribution in [0.25, 0.3) is 32.5 Å². The Labute approximate surface area is 118 Å². The second-order valence-electron chi connectivity index (χ2n) is 4.50. The van der Waals surface area contributed by atoms with Crippen LogP contribution in [0.1, 0.15) is 0 Å². The predicted octanol–water partition coefficient (Wildman–Crippen LogP) is 4.07. The van der Waals surface area contributed by atoms with Crippen LogP contribution in [-0.4, -0.2) is 4.98 Å². The van der Waals surface area contributed by atoms with Crippen molar-refractivity contribution in [3.63, 3.8) is 0 Å². The lowest BCUT2D eigenvalue weighted by Gasteiger charge is -2.02. The van der Waals surface area contributed by atoms with Gasteiger partial charge >= 0.3 is 0 Å². The van der Waals surface area contributed by atoms with Crippen molar-refractivity contribution in [2.24, 2.45) is 0 Å². The maximum atomic E-state index is 12.1. The van der Waals surface area contributed by atoms with Crippen LogP contribution in [-0.2, 0) is 0 Å². The Hall–Kier alpha value is -2.46. The van der Waals surface area contributed by atoms with Gasteiger partial charge in [0.1, 0.15) is 11.3 Å². The predicted molar refractivity (Wildman–Crippen MR) is 81.1 cm³/mol. The minimum absolute atomic E-state index is 0.0472. The number of benzene rings is 1. The summed E-state index contributed by atoms with van der Waals surface area (Å²) in [5, 5.41) is 3.72. The van der Waals surface area contributed by atoms with Crippen LogP contribution in [0.4, 0.5) is 0 Å². The first-order valence-electron chi connectivity index (χ1n) is 6.18. The topological polar surface area (TPSA) is 43.1 Å². The number of aromatic nitrogens is 1. The van der Waals surface area contributed by atoms with Crippen LogP contribution in [0.15, 0.2) is 63.3 Å². The molecule has 0 saturated carbocycles. The molecule has 4 heteroatoms. The van der Waals surface area contributed by atoms with Gasteiger partial charge in [-0.25, -0.2) is 0 Å². The average Bonchev–Trinajstić information content (AvgIpc) is 2.94. The Morgan fingerprint density at radius 2 is 2.00 bits per heavy atom. The lowest BCUT2D eigenvalue weighted by molar-refractivity contribution is 0.616. The van der Waals surface area contributed by atoms with Crippen LogP contribution in [0, 0.1) is 0 Å². The van der Waals surface area contributed by atoms with Gasteiger partial charge in [-0.15, -0.1) is 11.3 Å². The van der Waals surface area contributed by atoms with E-state index in [4.69, 9.17) is 4.42 Å². The SMILES string of the molecule is O=c1cc(-c2cc3ccsc3cn2)oc2ccccc12. The van der Waals surface area contributed by atoms with Gasteiger partial charge in [-0.05, 0) is 35.0 Å². The van der Waals surface area contributed by atoms with E-state index >= 15 is 0 Å². The molecule has 3 heterocycles. The number of pyridine rings is 1. The zero-order valence-corrected chi connectivity index (χ0v) is 11.2. The lowest BCUT2D eigenvalue weighted by Crippen LogP contribution is -2.00. The van der Waals surface area contributed by atoms with Gasteiger partial charge in [0.2, 0.25) is 0 Å². The van der Waals surface area contributed by atoms with Crippen LogP contribution in [0.5, 0.6) is 0 Å². The van der Waals surface area contributed by atoms with E-state index in [2.05, 4.69) is 4.98 Å². The van der Waals surface area contributed by atoms with Gasteiger partial charge in [0, 0.05) is 12.3 Å². The highest BCUT2D eigenvalue weighted by molar-refractivity contribution is 7.17. The summed E-state index contributed by atoms with van der Waals surface area (Å²) in [5.74, 6) is 0.502. The van der Waals surface area contributed by atoms with E-state index in [1.165, 1.54) is 6.07 Å². The summed E-state index contributed by atoms with van der Waals surface area (Å²) in [6.07, 6.45) is 1.81. The van der Waals surface area contributed by atoms with Crippen molar-refractivity contribution in [3.05, 3.63) is 64.3 Å². The number of para-hydroxylation sites is 1. The van der Waals surface area contributed by atoms with Crippen molar-refractivity contribution in [1.82, 2.24) is 4.98 Å². The number of thiophene rings is 1. The van der Waals surface area contributed by atoms with Crippen molar-refractivity contribution >= 4 is 32.4 Å². The fraction of sp³-hybridized carbons (Fsp3) is 0. The number of hydrogen-bond acceptors (Lipinski definition) is 4. The van der Waals surface area contributed by atoms with Gasteiger partial charge in [-0.3, -0.25) is 9.78 Å². The van der Waals surface area contributed by atoms with E-state index < -0.39 is 0 Å². The molecule has 3 aromatic heterocycles. The van der Waals surface area contributed by atoms with E-state index in [1.54, 1.807) is 23.5 Å². The lowest BCUT2D eigenvalue weighted by atomic mass is 10.2. The maximum absolute atomic E-state index is 12.1. The highest BCUT2D eigenvalue weighted by Gasteiger charge is 2.08. The Morgan fingerprint density at radius 1 is 1.10 bits per heavy atom. The molecule has 20 heavy (non-hydrogen) atoms. The summed E-state index contributed by atoms with van der Waals surface area (Å²) in [5.41, 5.74) is 1.22. The molecule has 0 N–H and O–H groups in total. The molecule has 96 valence electrons. The molecule has 0 bridgehead atoms. The summed E-state index contributed by atoms with van der Waals surface area (Å²) in [6.45, 7) is 0. The van der Waals surface area contributed by atoms with Crippen LogP contribution < -0.4 is 5.43 Å². The molecule has 1 aromatic carbocycles. The Morgan fingerprint density at radius 3 is 2.95 bits per heavy atom. The van der Waals surface area contributed by atoms with E-state index in [-0.39, 0.29) is 5.43 Å². The molecule has 0 aliphatic carbocycles. The van der Waals surface area contributed by atoms with Gasteiger partial charge < -0.3 is 4.42 Å². The molecule has 0 aliphatic rings. The molecule has 4 rings (SSSR count). The molecule has 0 fully saturated rings. The van der Waals surface area contributed by atoms with E-state index in [1.807, 2.05) is 35.8 Å². The molecule has 4 aromatic rings. The molecule has 3 nitrogen and oxygen atoms in total. The summed E-state index contributed by atoms with van der Waals surface area (Å²) in [4.78, 5) is 16.5.